The van der Waals surface area contributed by atoms with Crippen LogP contribution in [0.1, 0.15) is 21.7 Å². The molecule has 0 saturated heterocycles. The minimum absolute atomic E-state index is 0.266. The van der Waals surface area contributed by atoms with Gasteiger partial charge in [0, 0.05) is 11.6 Å². The van der Waals surface area contributed by atoms with Gasteiger partial charge in [0.15, 0.2) is 0 Å². The Labute approximate surface area is 162 Å². The Morgan fingerprint density at radius 3 is 2.61 bits per heavy atom. The molecule has 6 nitrogen and oxygen atoms in total. The van der Waals surface area contributed by atoms with Crippen molar-refractivity contribution in [1.29, 1.82) is 0 Å². The van der Waals surface area contributed by atoms with Crippen molar-refractivity contribution in [2.45, 2.75) is 6.54 Å². The molecule has 6 heteroatoms. The molecule has 1 heterocycles. The van der Waals surface area contributed by atoms with Gasteiger partial charge in [-0.15, -0.1) is 0 Å². The number of hydrogen-bond donors (Lipinski definition) is 2. The lowest BCUT2D eigenvalue weighted by Crippen LogP contribution is -2.24. The first-order valence-corrected chi connectivity index (χ1v) is 8.69. The van der Waals surface area contributed by atoms with E-state index in [0.717, 1.165) is 5.56 Å². The van der Waals surface area contributed by atoms with Crippen LogP contribution in [0.15, 0.2) is 77.4 Å². The number of ether oxygens (including phenoxy) is 1. The molecule has 0 radical (unpaired) electrons. The van der Waals surface area contributed by atoms with Gasteiger partial charge in [-0.2, -0.15) is 0 Å². The Balaban J connectivity index is 1.67. The lowest BCUT2D eigenvalue weighted by atomic mass is 10.1. The first-order chi connectivity index (χ1) is 13.7. The normalized spacial score (nSPS) is 10.6. The average Bonchev–Trinajstić information content (AvgIpc) is 3.25. The predicted octanol–water partition coefficient (Wildman–Crippen LogP) is 3.87. The molecule has 0 aliphatic carbocycles. The summed E-state index contributed by atoms with van der Waals surface area (Å²) in [6.45, 7) is 0.266. The number of carbonyl (C=O) groups excluding carboxylic acids is 2. The first kappa shape index (κ1) is 19.0. The number of anilines is 1. The largest absolute Gasteiger partial charge is 0.496 e. The second kappa shape index (κ2) is 9.23. The molecule has 0 fully saturated rings. The minimum atomic E-state index is -0.350. The molecule has 2 aromatic carbocycles. The van der Waals surface area contributed by atoms with E-state index in [9.17, 15) is 9.59 Å². The highest BCUT2D eigenvalue weighted by Gasteiger charge is 2.12. The van der Waals surface area contributed by atoms with E-state index in [1.54, 1.807) is 55.8 Å². The third kappa shape index (κ3) is 4.88. The molecule has 0 unspecified atom stereocenters. The molecule has 3 rings (SSSR count). The van der Waals surface area contributed by atoms with E-state index < -0.39 is 0 Å². The van der Waals surface area contributed by atoms with Gasteiger partial charge in [0.1, 0.15) is 11.5 Å². The highest BCUT2D eigenvalue weighted by atomic mass is 16.5. The van der Waals surface area contributed by atoms with Gasteiger partial charge < -0.3 is 19.8 Å². The maximum Gasteiger partial charge on any atom is 0.253 e. The summed E-state index contributed by atoms with van der Waals surface area (Å²) in [6, 6.07) is 17.7. The summed E-state index contributed by atoms with van der Waals surface area (Å²) in [5.74, 6) is 0.664. The molecule has 0 bridgehead atoms. The third-order valence-electron chi connectivity index (χ3n) is 3.99. The molecule has 142 valence electrons. The van der Waals surface area contributed by atoms with E-state index in [1.165, 1.54) is 6.08 Å². The Kier molecular flexibility index (Phi) is 6.25. The smallest absolute Gasteiger partial charge is 0.253 e. The Morgan fingerprint density at radius 2 is 1.82 bits per heavy atom. The van der Waals surface area contributed by atoms with Crippen molar-refractivity contribution >= 4 is 23.6 Å². The van der Waals surface area contributed by atoms with Crippen molar-refractivity contribution in [3.8, 4) is 5.75 Å². The van der Waals surface area contributed by atoms with Gasteiger partial charge in [-0.1, -0.05) is 30.3 Å². The summed E-state index contributed by atoms with van der Waals surface area (Å²) in [4.78, 5) is 24.8. The summed E-state index contributed by atoms with van der Waals surface area (Å²) in [5.41, 5.74) is 1.58. The second-order valence-electron chi connectivity index (χ2n) is 5.87. The number of nitrogens with one attached hydrogen (secondary N) is 2. The number of hydrogen-bond acceptors (Lipinski definition) is 4. The quantitative estimate of drug-likeness (QED) is 0.614. The molecule has 0 aliphatic heterocycles. The van der Waals surface area contributed by atoms with Crippen LogP contribution in [0.25, 0.3) is 6.08 Å². The van der Waals surface area contributed by atoms with E-state index in [1.807, 2.05) is 24.3 Å². The maximum atomic E-state index is 12.5. The summed E-state index contributed by atoms with van der Waals surface area (Å²) < 4.78 is 10.5. The third-order valence-corrected chi connectivity index (χ3v) is 3.99. The van der Waals surface area contributed by atoms with Gasteiger partial charge in [-0.25, -0.2) is 0 Å². The van der Waals surface area contributed by atoms with Crippen LogP contribution < -0.4 is 15.4 Å². The van der Waals surface area contributed by atoms with Crippen LogP contribution in [0.2, 0.25) is 0 Å². The van der Waals surface area contributed by atoms with Crippen LogP contribution in [-0.2, 0) is 11.3 Å². The number of para-hydroxylation sites is 2. The summed E-state index contributed by atoms with van der Waals surface area (Å²) in [7, 11) is 1.57. The number of furan rings is 1. The van der Waals surface area contributed by atoms with Gasteiger partial charge in [-0.3, -0.25) is 9.59 Å². The molecule has 2 N–H and O–H groups in total. The van der Waals surface area contributed by atoms with Gasteiger partial charge >= 0.3 is 0 Å². The van der Waals surface area contributed by atoms with Crippen molar-refractivity contribution in [1.82, 2.24) is 5.32 Å². The van der Waals surface area contributed by atoms with Gasteiger partial charge in [0.05, 0.1) is 31.2 Å². The SMILES string of the molecule is COc1ccccc1C=CC(=O)Nc1ccccc1C(=O)NCc1ccco1. The molecule has 0 spiro atoms. The fourth-order valence-corrected chi connectivity index (χ4v) is 2.61. The minimum Gasteiger partial charge on any atom is -0.496 e. The van der Waals surface area contributed by atoms with Crippen LogP contribution in [0, 0.1) is 0 Å². The monoisotopic (exact) mass is 376 g/mol. The van der Waals surface area contributed by atoms with Crippen molar-refractivity contribution in [3.63, 3.8) is 0 Å². The molecular formula is C22H20N2O4. The zero-order valence-electron chi connectivity index (χ0n) is 15.3. The van der Waals surface area contributed by atoms with Crippen molar-refractivity contribution in [2.24, 2.45) is 0 Å². The Hall–Kier alpha value is -3.80. The lowest BCUT2D eigenvalue weighted by molar-refractivity contribution is -0.111. The standard InChI is InChI=1S/C22H20N2O4/c1-27-20-11-5-2-7-16(20)12-13-21(25)24-19-10-4-3-9-18(19)22(26)23-15-17-8-6-14-28-17/h2-14H,15H2,1H3,(H,23,26)(H,24,25). The Morgan fingerprint density at radius 1 is 1.04 bits per heavy atom. The molecule has 3 aromatic rings. The van der Waals surface area contributed by atoms with E-state index >= 15 is 0 Å². The lowest BCUT2D eigenvalue weighted by Gasteiger charge is -2.10. The first-order valence-electron chi connectivity index (χ1n) is 8.69. The number of rotatable bonds is 7. The zero-order chi connectivity index (χ0) is 19.8. The van der Waals surface area contributed by atoms with E-state index in [4.69, 9.17) is 9.15 Å². The van der Waals surface area contributed by atoms with Crippen molar-refractivity contribution in [3.05, 3.63) is 89.9 Å². The van der Waals surface area contributed by atoms with Crippen LogP contribution in [0.4, 0.5) is 5.69 Å². The maximum absolute atomic E-state index is 12.5. The van der Waals surface area contributed by atoms with Crippen LogP contribution >= 0.6 is 0 Å². The van der Waals surface area contributed by atoms with Crippen molar-refractivity contribution in [2.75, 3.05) is 12.4 Å². The summed E-state index contributed by atoms with van der Waals surface area (Å²) in [6.07, 6.45) is 4.60. The van der Waals surface area contributed by atoms with E-state index in [0.29, 0.717) is 22.8 Å². The van der Waals surface area contributed by atoms with Crippen LogP contribution in [0.5, 0.6) is 5.75 Å². The van der Waals surface area contributed by atoms with Crippen LogP contribution in [-0.4, -0.2) is 18.9 Å². The number of carbonyl (C=O) groups is 2. The van der Waals surface area contributed by atoms with Gasteiger partial charge in [-0.05, 0) is 36.4 Å². The molecule has 28 heavy (non-hydrogen) atoms. The highest BCUT2D eigenvalue weighted by Crippen LogP contribution is 2.19. The topological polar surface area (TPSA) is 80.6 Å². The number of amides is 2. The number of methoxy groups -OCH3 is 1. The van der Waals surface area contributed by atoms with Gasteiger partial charge in [0.2, 0.25) is 5.91 Å². The van der Waals surface area contributed by atoms with E-state index in [2.05, 4.69) is 10.6 Å². The average molecular weight is 376 g/mol. The molecular weight excluding hydrogens is 356 g/mol. The fourth-order valence-electron chi connectivity index (χ4n) is 2.61. The molecule has 1 aromatic heterocycles. The second-order valence-corrected chi connectivity index (χ2v) is 5.87. The predicted molar refractivity (Wildman–Crippen MR) is 107 cm³/mol. The number of benzene rings is 2. The highest BCUT2D eigenvalue weighted by molar-refractivity contribution is 6.07. The molecule has 2 amide bonds. The fraction of sp³-hybridized carbons (Fsp3) is 0.0909. The van der Waals surface area contributed by atoms with Crippen LogP contribution in [0.3, 0.4) is 0 Å². The zero-order valence-corrected chi connectivity index (χ0v) is 15.3. The summed E-state index contributed by atoms with van der Waals surface area (Å²) in [5, 5.41) is 5.51. The summed E-state index contributed by atoms with van der Waals surface area (Å²) >= 11 is 0. The Bertz CT molecular complexity index is 978. The van der Waals surface area contributed by atoms with Crippen molar-refractivity contribution < 1.29 is 18.7 Å². The van der Waals surface area contributed by atoms with E-state index in [-0.39, 0.29) is 18.4 Å². The molecule has 0 atom stereocenters. The molecule has 0 aliphatic rings. The van der Waals surface area contributed by atoms with Gasteiger partial charge in [0.25, 0.3) is 5.91 Å². The molecule has 0 saturated carbocycles.